The predicted molar refractivity (Wildman–Crippen MR) is 45.2 cm³/mol. The summed E-state index contributed by atoms with van der Waals surface area (Å²) in [5.74, 6) is 0.566. The van der Waals surface area contributed by atoms with E-state index in [0.717, 1.165) is 0 Å². The molecule has 4 heteroatoms. The van der Waals surface area contributed by atoms with Gasteiger partial charge in [-0.05, 0) is 13.3 Å². The van der Waals surface area contributed by atoms with Crippen LogP contribution in [0.15, 0.2) is 0 Å². The largest absolute Gasteiger partial charge is 0.309 e. The fourth-order valence-corrected chi connectivity index (χ4v) is 1.38. The topological polar surface area (TPSA) is 29.1 Å². The highest BCUT2D eigenvalue weighted by atomic mass is 32.2. The van der Waals surface area contributed by atoms with Crippen LogP contribution in [-0.4, -0.2) is 30.2 Å². The van der Waals surface area contributed by atoms with Crippen molar-refractivity contribution in [1.82, 2.24) is 5.32 Å². The van der Waals surface area contributed by atoms with E-state index in [4.69, 9.17) is 0 Å². The molecule has 0 aliphatic carbocycles. The molecule has 0 aliphatic heterocycles. The molecule has 0 fully saturated rings. The molecular weight excluding hydrogens is 154 g/mol. The quantitative estimate of drug-likeness (QED) is 0.593. The molecule has 0 amide bonds. The van der Waals surface area contributed by atoms with Gasteiger partial charge >= 0.3 is 0 Å². The molecule has 0 aliphatic rings. The Morgan fingerprint density at radius 3 is 2.56 bits per heavy atom. The van der Waals surface area contributed by atoms with E-state index in [0.29, 0.717) is 5.75 Å². The molecule has 54 valence electrons. The van der Waals surface area contributed by atoms with Crippen LogP contribution in [0.4, 0.5) is 0 Å². The van der Waals surface area contributed by atoms with Gasteiger partial charge < -0.3 is 5.32 Å². The molecule has 0 bridgehead atoms. The zero-order valence-corrected chi connectivity index (χ0v) is 7.26. The maximum atomic E-state index is 10.8. The van der Waals surface area contributed by atoms with Crippen LogP contribution < -0.4 is 5.32 Å². The van der Waals surface area contributed by atoms with Crippen molar-refractivity contribution in [2.45, 2.75) is 6.04 Å². The van der Waals surface area contributed by atoms with Crippen molar-refractivity contribution in [3.8, 4) is 0 Å². The number of carbonyl (C=O) groups excluding carboxylic acids is 1. The minimum Gasteiger partial charge on any atom is -0.309 e. The van der Waals surface area contributed by atoms with E-state index in [1.54, 1.807) is 13.3 Å². The third-order valence-corrected chi connectivity index (χ3v) is 2.07. The zero-order chi connectivity index (χ0) is 7.28. The van der Waals surface area contributed by atoms with Crippen LogP contribution in [-0.2, 0) is 4.79 Å². The van der Waals surface area contributed by atoms with Gasteiger partial charge in [0.05, 0.1) is 6.04 Å². The molecule has 1 N–H and O–H groups in total. The molecule has 0 radical (unpaired) electrons. The number of thioether (sulfide) groups is 1. The lowest BCUT2D eigenvalue weighted by Gasteiger charge is -2.08. The van der Waals surface area contributed by atoms with Crippen molar-refractivity contribution < 1.29 is 4.79 Å². The minimum atomic E-state index is -0.0941. The van der Waals surface area contributed by atoms with Gasteiger partial charge in [0.1, 0.15) is 0 Å². The summed E-state index contributed by atoms with van der Waals surface area (Å²) >= 11 is 5.22. The van der Waals surface area contributed by atoms with Gasteiger partial charge in [0.15, 0.2) is 0 Å². The first-order valence-electron chi connectivity index (χ1n) is 2.62. The van der Waals surface area contributed by atoms with E-state index in [1.807, 2.05) is 0 Å². The summed E-state index contributed by atoms with van der Waals surface area (Å²) in [6, 6.07) is -0.0941. The highest BCUT2D eigenvalue weighted by Gasteiger charge is 2.11. The molecule has 0 saturated carbocycles. The Hall–Kier alpha value is 0.330. The maximum absolute atomic E-state index is 10.8. The molecule has 1 atom stereocenters. The van der Waals surface area contributed by atoms with Gasteiger partial charge in [-0.2, -0.15) is 12.6 Å². The number of likely N-dealkylation sites (N-methyl/N-ethyl adjacent to an activating group) is 1. The molecule has 1 unspecified atom stereocenters. The molecule has 0 aromatic heterocycles. The van der Waals surface area contributed by atoms with Crippen LogP contribution in [0.25, 0.3) is 0 Å². The Bertz CT molecular complexity index is 93.0. The van der Waals surface area contributed by atoms with Gasteiger partial charge in [0.25, 0.3) is 0 Å². The van der Waals surface area contributed by atoms with E-state index < -0.39 is 0 Å². The number of thiol groups is 1. The van der Waals surface area contributed by atoms with Crippen molar-refractivity contribution >= 4 is 29.5 Å². The van der Waals surface area contributed by atoms with E-state index in [2.05, 4.69) is 17.9 Å². The Labute approximate surface area is 65.2 Å². The van der Waals surface area contributed by atoms with Crippen LogP contribution in [0.3, 0.4) is 0 Å². The monoisotopic (exact) mass is 165 g/mol. The predicted octanol–water partition coefficient (Wildman–Crippen LogP) is 0.394. The van der Waals surface area contributed by atoms with Gasteiger partial charge in [-0.15, -0.1) is 0 Å². The van der Waals surface area contributed by atoms with Crippen molar-refractivity contribution in [1.29, 1.82) is 0 Å². The molecular formula is C5H11NOS2. The van der Waals surface area contributed by atoms with Crippen molar-refractivity contribution in [2.75, 3.05) is 19.1 Å². The first-order valence-corrected chi connectivity index (χ1v) is 4.48. The molecule has 0 aromatic rings. The van der Waals surface area contributed by atoms with E-state index >= 15 is 0 Å². The number of hydrogen-bond donors (Lipinski definition) is 2. The number of rotatable bonds is 3. The summed E-state index contributed by atoms with van der Waals surface area (Å²) < 4.78 is 0. The lowest BCUT2D eigenvalue weighted by molar-refractivity contribution is -0.112. The minimum absolute atomic E-state index is 0.0941. The summed E-state index contributed by atoms with van der Waals surface area (Å²) in [6.45, 7) is 0. The molecule has 9 heavy (non-hydrogen) atoms. The van der Waals surface area contributed by atoms with Crippen LogP contribution in [0.2, 0.25) is 0 Å². The first kappa shape index (κ1) is 9.33. The molecule has 2 nitrogen and oxygen atoms in total. The average Bonchev–Trinajstić information content (AvgIpc) is 1.90. The van der Waals surface area contributed by atoms with Crippen LogP contribution in [0, 0.1) is 0 Å². The number of hydrogen-bond acceptors (Lipinski definition) is 4. The third-order valence-electron chi connectivity index (χ3n) is 1.02. The molecule has 0 rings (SSSR count). The van der Waals surface area contributed by atoms with Gasteiger partial charge in [-0.25, -0.2) is 0 Å². The Morgan fingerprint density at radius 1 is 1.89 bits per heavy atom. The zero-order valence-electron chi connectivity index (χ0n) is 5.55. The normalized spacial score (nSPS) is 13.2. The summed E-state index contributed by atoms with van der Waals surface area (Å²) in [5, 5.41) is 3.00. The fourth-order valence-electron chi connectivity index (χ4n) is 0.426. The van der Waals surface area contributed by atoms with Gasteiger partial charge in [0.2, 0.25) is 5.12 Å². The van der Waals surface area contributed by atoms with Crippen molar-refractivity contribution in [3.05, 3.63) is 0 Å². The average molecular weight is 165 g/mol. The molecule has 0 heterocycles. The van der Waals surface area contributed by atoms with Crippen molar-refractivity contribution in [2.24, 2.45) is 0 Å². The first-order chi connectivity index (χ1) is 4.26. The maximum Gasteiger partial charge on any atom is 0.206 e. The van der Waals surface area contributed by atoms with Crippen LogP contribution in [0.1, 0.15) is 0 Å². The smallest absolute Gasteiger partial charge is 0.206 e. The second-order valence-corrected chi connectivity index (χ2v) is 2.72. The Morgan fingerprint density at radius 2 is 2.44 bits per heavy atom. The summed E-state index contributed by atoms with van der Waals surface area (Å²) in [6.07, 6.45) is 1.77. The summed E-state index contributed by atoms with van der Waals surface area (Å²) in [7, 11) is 1.76. The Balaban J connectivity index is 3.64. The second-order valence-electron chi connectivity index (χ2n) is 1.55. The van der Waals surface area contributed by atoms with Gasteiger partial charge in [-0.3, -0.25) is 4.79 Å². The van der Waals surface area contributed by atoms with E-state index in [1.165, 1.54) is 11.8 Å². The highest BCUT2D eigenvalue weighted by Crippen LogP contribution is 2.00. The standard InChI is InChI=1S/C5H11NOS2/c1-6-4(3-8)5(7)9-2/h4,6,8H,3H2,1-2H3. The Kier molecular flexibility index (Phi) is 5.33. The van der Waals surface area contributed by atoms with E-state index in [-0.39, 0.29) is 11.2 Å². The third kappa shape index (κ3) is 3.13. The fraction of sp³-hybridized carbons (Fsp3) is 0.800. The van der Waals surface area contributed by atoms with E-state index in [9.17, 15) is 4.79 Å². The molecule has 0 spiro atoms. The second kappa shape index (κ2) is 5.14. The SMILES string of the molecule is CNC(CS)C(=O)SC. The van der Waals surface area contributed by atoms with Crippen LogP contribution >= 0.6 is 24.4 Å². The van der Waals surface area contributed by atoms with Crippen LogP contribution in [0.5, 0.6) is 0 Å². The summed E-state index contributed by atoms with van der Waals surface area (Å²) in [5.41, 5.74) is 0. The number of nitrogens with one attached hydrogen (secondary N) is 1. The lowest BCUT2D eigenvalue weighted by atomic mass is 10.4. The van der Waals surface area contributed by atoms with Gasteiger partial charge in [0, 0.05) is 5.75 Å². The van der Waals surface area contributed by atoms with Crippen molar-refractivity contribution in [3.63, 3.8) is 0 Å². The molecule has 0 saturated heterocycles. The summed E-state index contributed by atoms with van der Waals surface area (Å²) in [4.78, 5) is 10.8. The number of carbonyl (C=O) groups is 1. The highest BCUT2D eigenvalue weighted by molar-refractivity contribution is 8.13. The molecule has 0 aromatic carbocycles. The lowest BCUT2D eigenvalue weighted by Crippen LogP contribution is -2.33. The van der Waals surface area contributed by atoms with Gasteiger partial charge in [-0.1, -0.05) is 11.8 Å².